The Bertz CT molecular complexity index is 875. The monoisotopic (exact) mass is 367 g/mol. The van der Waals surface area contributed by atoms with E-state index < -0.39 is 22.7 Å². The van der Waals surface area contributed by atoms with E-state index in [4.69, 9.17) is 4.74 Å². The van der Waals surface area contributed by atoms with Crippen LogP contribution in [0.1, 0.15) is 51.0 Å². The minimum atomic E-state index is -0.775. The first-order chi connectivity index (χ1) is 12.9. The summed E-state index contributed by atoms with van der Waals surface area (Å²) in [6, 6.07) is 8.40. The topological polar surface area (TPSA) is 106 Å². The van der Waals surface area contributed by atoms with E-state index in [2.05, 4.69) is 11.1 Å². The highest BCUT2D eigenvalue weighted by Crippen LogP contribution is 2.42. The average molecular weight is 367 g/mol. The Morgan fingerprint density at radius 2 is 1.96 bits per heavy atom. The summed E-state index contributed by atoms with van der Waals surface area (Å²) in [6.45, 7) is 3.39. The van der Waals surface area contributed by atoms with Crippen LogP contribution in [0.3, 0.4) is 0 Å². The van der Waals surface area contributed by atoms with E-state index >= 15 is 0 Å². The molecule has 1 fully saturated rings. The standard InChI is InChI=1S/C20H21N3O4/c1-12-16(11-21)19(15-9-5-6-10-17(15)23(25)26)18(13(2)22-12)20(24)27-14-7-3-4-8-14/h5-6,9-10,14,16,19H,3-4,7-8H2,1-2H3. The molecule has 2 unspecified atom stereocenters. The van der Waals surface area contributed by atoms with Crippen LogP contribution in [0.25, 0.3) is 0 Å². The van der Waals surface area contributed by atoms with Crippen LogP contribution in [0.4, 0.5) is 5.69 Å². The normalized spacial score (nSPS) is 22.9. The summed E-state index contributed by atoms with van der Waals surface area (Å²) in [4.78, 5) is 28.4. The summed E-state index contributed by atoms with van der Waals surface area (Å²) >= 11 is 0. The van der Waals surface area contributed by atoms with Crippen molar-refractivity contribution < 1.29 is 14.5 Å². The van der Waals surface area contributed by atoms with Crippen LogP contribution in [0.2, 0.25) is 0 Å². The number of carbonyl (C=O) groups is 1. The summed E-state index contributed by atoms with van der Waals surface area (Å²) in [5.74, 6) is -2.07. The van der Waals surface area contributed by atoms with Crippen LogP contribution in [-0.4, -0.2) is 22.7 Å². The second kappa shape index (κ2) is 7.70. The molecule has 140 valence electrons. The van der Waals surface area contributed by atoms with E-state index in [9.17, 15) is 20.2 Å². The number of hydrogen-bond donors (Lipinski definition) is 0. The SMILES string of the molecule is CC1=NC(C)=C(C(=O)OC2CCCC2)C(c2ccccc2[N+](=O)[O-])C1C#N. The first-order valence-corrected chi connectivity index (χ1v) is 9.04. The number of nitrogens with zero attached hydrogens (tertiary/aromatic N) is 3. The lowest BCUT2D eigenvalue weighted by molar-refractivity contribution is -0.385. The van der Waals surface area contributed by atoms with Crippen LogP contribution in [0.5, 0.6) is 0 Å². The van der Waals surface area contributed by atoms with Crippen molar-refractivity contribution in [1.82, 2.24) is 0 Å². The Balaban J connectivity index is 2.09. The molecule has 0 radical (unpaired) electrons. The quantitative estimate of drug-likeness (QED) is 0.453. The first kappa shape index (κ1) is 18.8. The third kappa shape index (κ3) is 3.61. The average Bonchev–Trinajstić information content (AvgIpc) is 3.13. The maximum atomic E-state index is 13.0. The minimum Gasteiger partial charge on any atom is -0.459 e. The molecule has 1 aliphatic carbocycles. The lowest BCUT2D eigenvalue weighted by Gasteiger charge is -2.29. The highest BCUT2D eigenvalue weighted by Gasteiger charge is 2.41. The number of para-hydroxylation sites is 1. The Labute approximate surface area is 157 Å². The van der Waals surface area contributed by atoms with E-state index in [0.717, 1.165) is 25.7 Å². The zero-order valence-electron chi connectivity index (χ0n) is 15.3. The van der Waals surface area contributed by atoms with Crippen molar-refractivity contribution >= 4 is 17.4 Å². The summed E-state index contributed by atoms with van der Waals surface area (Å²) in [7, 11) is 0. The molecule has 1 aromatic rings. The predicted octanol–water partition coefficient (Wildman–Crippen LogP) is 4.05. The fourth-order valence-corrected chi connectivity index (χ4v) is 3.94. The van der Waals surface area contributed by atoms with Gasteiger partial charge in [-0.1, -0.05) is 18.2 Å². The van der Waals surface area contributed by atoms with Gasteiger partial charge in [-0.3, -0.25) is 15.1 Å². The van der Waals surface area contributed by atoms with Gasteiger partial charge in [0, 0.05) is 29.0 Å². The molecule has 1 saturated carbocycles. The van der Waals surface area contributed by atoms with Gasteiger partial charge >= 0.3 is 5.97 Å². The van der Waals surface area contributed by atoms with Crippen LogP contribution < -0.4 is 0 Å². The lowest BCUT2D eigenvalue weighted by Crippen LogP contribution is -2.31. The molecule has 3 rings (SSSR count). The molecule has 0 spiro atoms. The number of nitro benzene ring substituents is 1. The maximum absolute atomic E-state index is 13.0. The Hall–Kier alpha value is -3.01. The third-order valence-corrected chi connectivity index (χ3v) is 5.23. The smallest absolute Gasteiger partial charge is 0.336 e. The fourth-order valence-electron chi connectivity index (χ4n) is 3.94. The van der Waals surface area contributed by atoms with Crippen LogP contribution in [0, 0.1) is 27.4 Å². The molecule has 0 N–H and O–H groups in total. The van der Waals surface area contributed by atoms with Crippen molar-refractivity contribution in [2.75, 3.05) is 0 Å². The third-order valence-electron chi connectivity index (χ3n) is 5.23. The predicted molar refractivity (Wildman–Crippen MR) is 99.1 cm³/mol. The molecule has 2 atom stereocenters. The highest BCUT2D eigenvalue weighted by molar-refractivity contribution is 5.98. The molecule has 1 heterocycles. The van der Waals surface area contributed by atoms with Crippen LogP contribution >= 0.6 is 0 Å². The van der Waals surface area contributed by atoms with Crippen molar-refractivity contribution in [2.45, 2.75) is 51.6 Å². The van der Waals surface area contributed by atoms with Gasteiger partial charge < -0.3 is 4.74 Å². The molecule has 7 nitrogen and oxygen atoms in total. The Morgan fingerprint density at radius 1 is 1.30 bits per heavy atom. The number of carbonyl (C=O) groups excluding carboxylic acids is 1. The molecule has 7 heteroatoms. The number of rotatable bonds is 4. The lowest BCUT2D eigenvalue weighted by atomic mass is 9.76. The summed E-state index contributed by atoms with van der Waals surface area (Å²) < 4.78 is 5.66. The number of allylic oxidation sites excluding steroid dienone is 1. The molecular weight excluding hydrogens is 346 g/mol. The second-order valence-corrected chi connectivity index (χ2v) is 6.96. The largest absolute Gasteiger partial charge is 0.459 e. The van der Waals surface area contributed by atoms with E-state index in [-0.39, 0.29) is 17.4 Å². The molecule has 2 aliphatic rings. The van der Waals surface area contributed by atoms with Gasteiger partial charge in [-0.15, -0.1) is 0 Å². The van der Waals surface area contributed by atoms with Gasteiger partial charge in [0.15, 0.2) is 0 Å². The molecular formula is C20H21N3O4. The molecule has 0 amide bonds. The zero-order chi connectivity index (χ0) is 19.6. The number of aliphatic imine (C=N–C) groups is 1. The van der Waals surface area contributed by atoms with E-state index in [1.54, 1.807) is 32.0 Å². The van der Waals surface area contributed by atoms with Crippen molar-refractivity contribution in [3.63, 3.8) is 0 Å². The number of ether oxygens (including phenoxy) is 1. The van der Waals surface area contributed by atoms with Gasteiger partial charge in [0.1, 0.15) is 6.10 Å². The first-order valence-electron chi connectivity index (χ1n) is 9.04. The van der Waals surface area contributed by atoms with Gasteiger partial charge in [0.25, 0.3) is 5.69 Å². The van der Waals surface area contributed by atoms with Crippen LogP contribution in [0.15, 0.2) is 40.5 Å². The van der Waals surface area contributed by atoms with Gasteiger partial charge in [0.05, 0.1) is 22.5 Å². The number of nitriles is 1. The van der Waals surface area contributed by atoms with Gasteiger partial charge in [0.2, 0.25) is 0 Å². The Morgan fingerprint density at radius 3 is 2.59 bits per heavy atom. The van der Waals surface area contributed by atoms with Gasteiger partial charge in [-0.05, 0) is 39.5 Å². The molecule has 1 aliphatic heterocycles. The van der Waals surface area contributed by atoms with Crippen molar-refractivity contribution in [3.05, 3.63) is 51.2 Å². The molecule has 0 bridgehead atoms. The molecule has 0 saturated heterocycles. The number of benzene rings is 1. The molecule has 27 heavy (non-hydrogen) atoms. The van der Waals surface area contributed by atoms with Gasteiger partial charge in [-0.2, -0.15) is 5.26 Å². The van der Waals surface area contributed by atoms with E-state index in [0.29, 0.717) is 17.0 Å². The number of esters is 1. The fraction of sp³-hybridized carbons (Fsp3) is 0.450. The van der Waals surface area contributed by atoms with Crippen molar-refractivity contribution in [2.24, 2.45) is 10.9 Å². The number of nitro groups is 1. The molecule has 0 aromatic heterocycles. The highest BCUT2D eigenvalue weighted by atomic mass is 16.6. The van der Waals surface area contributed by atoms with Crippen molar-refractivity contribution in [3.8, 4) is 6.07 Å². The van der Waals surface area contributed by atoms with Crippen molar-refractivity contribution in [1.29, 1.82) is 5.26 Å². The van der Waals surface area contributed by atoms with E-state index in [1.165, 1.54) is 6.07 Å². The zero-order valence-corrected chi connectivity index (χ0v) is 15.3. The Kier molecular flexibility index (Phi) is 5.36. The summed E-state index contributed by atoms with van der Waals surface area (Å²) in [6.07, 6.45) is 3.52. The summed E-state index contributed by atoms with van der Waals surface area (Å²) in [5, 5.41) is 21.3. The maximum Gasteiger partial charge on any atom is 0.336 e. The van der Waals surface area contributed by atoms with Crippen LogP contribution in [-0.2, 0) is 9.53 Å². The minimum absolute atomic E-state index is 0.114. The number of hydrogen-bond acceptors (Lipinski definition) is 6. The molecule has 1 aromatic carbocycles. The summed E-state index contributed by atoms with van der Waals surface area (Å²) in [5.41, 5.74) is 1.45. The van der Waals surface area contributed by atoms with E-state index in [1.807, 2.05) is 0 Å². The second-order valence-electron chi connectivity index (χ2n) is 6.96. The van der Waals surface area contributed by atoms with Gasteiger partial charge in [-0.25, -0.2) is 4.79 Å².